The molecule has 9 heteroatoms. The topological polar surface area (TPSA) is 97.3 Å². The molecule has 3 aromatic carbocycles. The molecule has 2 heterocycles. The van der Waals surface area contributed by atoms with Crippen molar-refractivity contribution in [2.24, 2.45) is 0 Å². The van der Waals surface area contributed by atoms with Crippen LogP contribution in [0.4, 0.5) is 21.6 Å². The summed E-state index contributed by atoms with van der Waals surface area (Å²) in [6.07, 6.45) is 1.46. The fourth-order valence-electron chi connectivity index (χ4n) is 4.38. The van der Waals surface area contributed by atoms with E-state index < -0.39 is 11.9 Å². The molecule has 1 atom stereocenters. The van der Waals surface area contributed by atoms with E-state index in [0.29, 0.717) is 45.3 Å². The largest absolute Gasteiger partial charge is 0.497 e. The number of halogens is 1. The Morgan fingerprint density at radius 2 is 1.50 bits per heavy atom. The Hall–Kier alpha value is -4.92. The summed E-state index contributed by atoms with van der Waals surface area (Å²) in [7, 11) is 1.57. The van der Waals surface area contributed by atoms with Crippen LogP contribution < -0.4 is 20.7 Å². The normalized spacial score (nSPS) is 14.4. The van der Waals surface area contributed by atoms with Gasteiger partial charge < -0.3 is 20.7 Å². The zero-order valence-corrected chi connectivity index (χ0v) is 21.1. The number of nitrogens with one attached hydrogen (secondary N) is 3. The van der Waals surface area contributed by atoms with E-state index >= 15 is 0 Å². The minimum Gasteiger partial charge on any atom is -0.497 e. The average Bonchev–Trinajstić information content (AvgIpc) is 3.33. The van der Waals surface area contributed by atoms with Gasteiger partial charge in [0.1, 0.15) is 29.0 Å². The van der Waals surface area contributed by atoms with Crippen LogP contribution in [0.2, 0.25) is 0 Å². The number of aryl methyl sites for hydroxylation is 1. The zero-order valence-electron chi connectivity index (χ0n) is 21.1. The molecular weight excluding hydrogens is 485 g/mol. The minimum absolute atomic E-state index is 0.312. The van der Waals surface area contributed by atoms with Crippen LogP contribution in [0.1, 0.15) is 34.5 Å². The van der Waals surface area contributed by atoms with E-state index in [-0.39, 0.29) is 11.8 Å². The van der Waals surface area contributed by atoms with E-state index in [1.165, 1.54) is 18.3 Å². The number of methoxy groups -OCH3 is 1. The molecule has 0 bridgehead atoms. The Kier molecular flexibility index (Phi) is 6.66. The van der Waals surface area contributed by atoms with Crippen LogP contribution >= 0.6 is 0 Å². The fraction of sp³-hybridized carbons (Fsp3) is 0.138. The monoisotopic (exact) mass is 511 g/mol. The Morgan fingerprint density at radius 3 is 2.13 bits per heavy atom. The molecule has 0 fully saturated rings. The Labute approximate surface area is 219 Å². The number of benzene rings is 3. The van der Waals surface area contributed by atoms with E-state index in [1.54, 1.807) is 55.1 Å². The smallest absolute Gasteiger partial charge is 0.261 e. The summed E-state index contributed by atoms with van der Waals surface area (Å²) in [6, 6.07) is 19.6. The summed E-state index contributed by atoms with van der Waals surface area (Å²) in [6.45, 7) is 3.73. The fourth-order valence-corrected chi connectivity index (χ4v) is 4.38. The van der Waals surface area contributed by atoms with Gasteiger partial charge in [-0.3, -0.25) is 9.59 Å². The SMILES string of the molecule is COc1ccc(NC(=O)C2=C(C)Nc3c(C(=O)Nc4ccc(C)cc4)cnn3[C@@H]2c2ccc(F)cc2)cc1. The van der Waals surface area contributed by atoms with Gasteiger partial charge in [-0.25, -0.2) is 9.07 Å². The van der Waals surface area contributed by atoms with Gasteiger partial charge in [0, 0.05) is 17.1 Å². The quantitative estimate of drug-likeness (QED) is 0.317. The van der Waals surface area contributed by atoms with Gasteiger partial charge in [0.2, 0.25) is 0 Å². The average molecular weight is 512 g/mol. The Balaban J connectivity index is 1.51. The van der Waals surface area contributed by atoms with Gasteiger partial charge in [0.15, 0.2) is 0 Å². The van der Waals surface area contributed by atoms with Crippen molar-refractivity contribution < 1.29 is 18.7 Å². The summed E-state index contributed by atoms with van der Waals surface area (Å²) < 4.78 is 20.5. The maximum atomic E-state index is 13.8. The van der Waals surface area contributed by atoms with Crippen molar-refractivity contribution in [1.82, 2.24) is 9.78 Å². The first kappa shape index (κ1) is 24.8. The van der Waals surface area contributed by atoms with Gasteiger partial charge >= 0.3 is 0 Å². The molecule has 1 aromatic heterocycles. The van der Waals surface area contributed by atoms with Crippen LogP contribution in [0.5, 0.6) is 5.75 Å². The van der Waals surface area contributed by atoms with Crippen LogP contribution in [-0.2, 0) is 4.79 Å². The lowest BCUT2D eigenvalue weighted by molar-refractivity contribution is -0.113. The summed E-state index contributed by atoms with van der Waals surface area (Å²) >= 11 is 0. The summed E-state index contributed by atoms with van der Waals surface area (Å²) in [5, 5.41) is 13.5. The highest BCUT2D eigenvalue weighted by Crippen LogP contribution is 2.38. The molecule has 2 amide bonds. The number of ether oxygens (including phenoxy) is 1. The predicted octanol–water partition coefficient (Wildman–Crippen LogP) is 5.52. The number of carbonyl (C=O) groups excluding carboxylic acids is 2. The Bertz CT molecular complexity index is 1520. The number of anilines is 3. The first-order valence-electron chi connectivity index (χ1n) is 12.0. The second kappa shape index (κ2) is 10.2. The molecule has 38 heavy (non-hydrogen) atoms. The third kappa shape index (κ3) is 4.86. The number of amides is 2. The maximum Gasteiger partial charge on any atom is 0.261 e. The van der Waals surface area contributed by atoms with Gasteiger partial charge in [-0.15, -0.1) is 0 Å². The van der Waals surface area contributed by atoms with Crippen molar-refractivity contribution >= 4 is 29.0 Å². The van der Waals surface area contributed by atoms with Gasteiger partial charge in [0.25, 0.3) is 11.8 Å². The molecule has 5 rings (SSSR count). The molecule has 0 spiro atoms. The summed E-state index contributed by atoms with van der Waals surface area (Å²) in [5.74, 6) is -0.00542. The van der Waals surface area contributed by atoms with E-state index in [1.807, 2.05) is 31.2 Å². The zero-order chi connectivity index (χ0) is 26.8. The predicted molar refractivity (Wildman–Crippen MR) is 144 cm³/mol. The van der Waals surface area contributed by atoms with E-state index in [9.17, 15) is 14.0 Å². The molecular formula is C29H26FN5O3. The van der Waals surface area contributed by atoms with Crippen LogP contribution in [0, 0.1) is 12.7 Å². The maximum absolute atomic E-state index is 13.8. The lowest BCUT2D eigenvalue weighted by Gasteiger charge is -2.30. The Morgan fingerprint density at radius 1 is 0.895 bits per heavy atom. The number of fused-ring (bicyclic) bond motifs is 1. The highest BCUT2D eigenvalue weighted by molar-refractivity contribution is 6.09. The molecule has 3 N–H and O–H groups in total. The van der Waals surface area contributed by atoms with E-state index in [0.717, 1.165) is 5.56 Å². The molecule has 0 unspecified atom stereocenters. The molecule has 0 saturated carbocycles. The van der Waals surface area contributed by atoms with Crippen molar-refractivity contribution in [1.29, 1.82) is 0 Å². The lowest BCUT2D eigenvalue weighted by Crippen LogP contribution is -2.32. The molecule has 192 valence electrons. The molecule has 1 aliphatic heterocycles. The lowest BCUT2D eigenvalue weighted by atomic mass is 9.94. The number of nitrogens with zero attached hydrogens (tertiary/aromatic N) is 2. The second-order valence-corrected chi connectivity index (χ2v) is 8.97. The van der Waals surface area contributed by atoms with Crippen LogP contribution in [-0.4, -0.2) is 28.7 Å². The third-order valence-corrected chi connectivity index (χ3v) is 6.36. The van der Waals surface area contributed by atoms with Crippen molar-refractivity contribution in [2.45, 2.75) is 19.9 Å². The van der Waals surface area contributed by atoms with Crippen molar-refractivity contribution in [3.05, 3.63) is 113 Å². The molecule has 0 radical (unpaired) electrons. The van der Waals surface area contributed by atoms with Crippen molar-refractivity contribution in [2.75, 3.05) is 23.1 Å². The number of rotatable bonds is 6. The second-order valence-electron chi connectivity index (χ2n) is 8.97. The standard InChI is InChI=1S/C29H26FN5O3/c1-17-4-10-21(11-5-17)33-28(36)24-16-31-35-26(19-6-8-20(30)9-7-19)25(18(2)32-27(24)35)29(37)34-22-12-14-23(38-3)15-13-22/h4-16,26,32H,1-3H3,(H,33,36)(H,34,37)/t26-/m1/s1. The van der Waals surface area contributed by atoms with Gasteiger partial charge in [-0.1, -0.05) is 29.8 Å². The summed E-state index contributed by atoms with van der Waals surface area (Å²) in [4.78, 5) is 26.7. The van der Waals surface area contributed by atoms with Gasteiger partial charge in [-0.2, -0.15) is 5.10 Å². The van der Waals surface area contributed by atoms with Crippen molar-refractivity contribution in [3.63, 3.8) is 0 Å². The molecule has 0 saturated heterocycles. The first-order chi connectivity index (χ1) is 18.3. The third-order valence-electron chi connectivity index (χ3n) is 6.36. The minimum atomic E-state index is -0.703. The molecule has 4 aromatic rings. The number of hydrogen-bond acceptors (Lipinski definition) is 5. The first-order valence-corrected chi connectivity index (χ1v) is 12.0. The van der Waals surface area contributed by atoms with Gasteiger partial charge in [-0.05, 0) is 67.9 Å². The van der Waals surface area contributed by atoms with E-state index in [4.69, 9.17) is 4.74 Å². The van der Waals surface area contributed by atoms with Crippen LogP contribution in [0.3, 0.4) is 0 Å². The van der Waals surface area contributed by atoms with Crippen LogP contribution in [0.25, 0.3) is 0 Å². The molecule has 8 nitrogen and oxygen atoms in total. The number of aromatic nitrogens is 2. The summed E-state index contributed by atoms with van der Waals surface area (Å²) in [5.41, 5.74) is 4.19. The molecule has 1 aliphatic rings. The number of allylic oxidation sites excluding steroid dienone is 1. The number of carbonyl (C=O) groups is 2. The van der Waals surface area contributed by atoms with Gasteiger partial charge in [0.05, 0.1) is 18.9 Å². The highest BCUT2D eigenvalue weighted by Gasteiger charge is 2.35. The molecule has 0 aliphatic carbocycles. The van der Waals surface area contributed by atoms with Crippen molar-refractivity contribution in [3.8, 4) is 5.75 Å². The van der Waals surface area contributed by atoms with Crippen LogP contribution in [0.15, 0.2) is 90.3 Å². The van der Waals surface area contributed by atoms with E-state index in [2.05, 4.69) is 21.0 Å². The highest BCUT2D eigenvalue weighted by atomic mass is 19.1. The number of hydrogen-bond donors (Lipinski definition) is 3.